The van der Waals surface area contributed by atoms with Gasteiger partial charge in [0, 0.05) is 20.9 Å². The Morgan fingerprint density at radius 3 is 2.77 bits per heavy atom. The van der Waals surface area contributed by atoms with Crippen molar-refractivity contribution in [2.24, 2.45) is 0 Å². The molecule has 1 aromatic rings. The van der Waals surface area contributed by atoms with Crippen molar-refractivity contribution < 1.29 is 4.79 Å². The number of hydrogen-bond donors (Lipinski definition) is 0. The normalized spacial score (nSPS) is 10.1. The van der Waals surface area contributed by atoms with Crippen LogP contribution in [0.25, 0.3) is 0 Å². The van der Waals surface area contributed by atoms with E-state index in [9.17, 15) is 4.79 Å². The molecule has 0 saturated carbocycles. The highest BCUT2D eigenvalue weighted by Crippen LogP contribution is 2.20. The Morgan fingerprint density at radius 1 is 1.54 bits per heavy atom. The van der Waals surface area contributed by atoms with Gasteiger partial charge in [-0.1, -0.05) is 27.5 Å². The van der Waals surface area contributed by atoms with Gasteiger partial charge in [-0.15, -0.1) is 0 Å². The summed E-state index contributed by atoms with van der Waals surface area (Å²) in [5, 5.41) is 1.21. The van der Waals surface area contributed by atoms with Gasteiger partial charge < -0.3 is 0 Å². The molecular formula is C9H7BrClIO. The van der Waals surface area contributed by atoms with Gasteiger partial charge >= 0.3 is 0 Å². The minimum absolute atomic E-state index is 0.0817. The first-order chi connectivity index (χ1) is 6.15. The van der Waals surface area contributed by atoms with Crippen LogP contribution in [0.15, 0.2) is 18.2 Å². The molecule has 1 aromatic carbocycles. The largest absolute Gasteiger partial charge is 0.294 e. The van der Waals surface area contributed by atoms with Crippen molar-refractivity contribution in [2.75, 3.05) is 5.33 Å². The van der Waals surface area contributed by atoms with E-state index in [0.29, 0.717) is 22.3 Å². The molecule has 1 nitrogen and oxygen atoms in total. The van der Waals surface area contributed by atoms with E-state index in [1.54, 1.807) is 12.1 Å². The van der Waals surface area contributed by atoms with Crippen molar-refractivity contribution in [1.29, 1.82) is 0 Å². The van der Waals surface area contributed by atoms with Gasteiger partial charge in [0.05, 0.1) is 5.02 Å². The first-order valence-corrected chi connectivity index (χ1v) is 6.27. The summed E-state index contributed by atoms with van der Waals surface area (Å²) >= 11 is 11.3. The molecule has 0 aliphatic carbocycles. The van der Waals surface area contributed by atoms with Gasteiger partial charge in [-0.2, -0.15) is 0 Å². The molecule has 4 heteroatoms. The monoisotopic (exact) mass is 372 g/mol. The van der Waals surface area contributed by atoms with Crippen molar-refractivity contribution in [3.63, 3.8) is 0 Å². The van der Waals surface area contributed by atoms with E-state index in [4.69, 9.17) is 11.6 Å². The Kier molecular flexibility index (Phi) is 4.69. The molecule has 0 N–H and O–H groups in total. The fourth-order valence-corrected chi connectivity index (χ4v) is 2.26. The standard InChI is InChI=1S/C9H7BrClIO/c10-4-3-9(13)7-2-1-6(12)5-8(7)11/h1-2,5H,3-4H2. The fourth-order valence-electron chi connectivity index (χ4n) is 0.936. The molecule has 0 radical (unpaired) electrons. The van der Waals surface area contributed by atoms with Gasteiger partial charge in [0.2, 0.25) is 0 Å². The number of halogens is 3. The zero-order valence-corrected chi connectivity index (χ0v) is 11.2. The van der Waals surface area contributed by atoms with Crippen LogP contribution in [0.2, 0.25) is 5.02 Å². The summed E-state index contributed by atoms with van der Waals surface area (Å²) in [5.74, 6) is 0.0817. The fraction of sp³-hybridized carbons (Fsp3) is 0.222. The molecule has 0 amide bonds. The van der Waals surface area contributed by atoms with E-state index in [2.05, 4.69) is 38.5 Å². The molecule has 13 heavy (non-hydrogen) atoms. The molecule has 0 fully saturated rings. The van der Waals surface area contributed by atoms with E-state index < -0.39 is 0 Å². The van der Waals surface area contributed by atoms with Gasteiger partial charge in [0.15, 0.2) is 5.78 Å². The third-order valence-corrected chi connectivity index (χ3v) is 2.93. The summed E-state index contributed by atoms with van der Waals surface area (Å²) in [6.45, 7) is 0. The predicted octanol–water partition coefficient (Wildman–Crippen LogP) is 3.91. The van der Waals surface area contributed by atoms with Crippen LogP contribution in [0.3, 0.4) is 0 Å². The molecule has 0 heterocycles. The van der Waals surface area contributed by atoms with Crippen molar-refractivity contribution >= 4 is 55.9 Å². The lowest BCUT2D eigenvalue weighted by molar-refractivity contribution is 0.0990. The lowest BCUT2D eigenvalue weighted by atomic mass is 10.1. The lowest BCUT2D eigenvalue weighted by Gasteiger charge is -2.01. The number of ketones is 1. The average Bonchev–Trinajstić information content (AvgIpc) is 2.04. The zero-order chi connectivity index (χ0) is 9.84. The number of carbonyl (C=O) groups is 1. The Balaban J connectivity index is 2.95. The summed E-state index contributed by atoms with van der Waals surface area (Å²) in [4.78, 5) is 11.5. The van der Waals surface area contributed by atoms with Crippen molar-refractivity contribution in [2.45, 2.75) is 6.42 Å². The maximum atomic E-state index is 11.5. The highest BCUT2D eigenvalue weighted by molar-refractivity contribution is 14.1. The molecule has 0 aliphatic heterocycles. The molecule has 0 unspecified atom stereocenters. The molecular weight excluding hydrogens is 366 g/mol. The number of benzene rings is 1. The smallest absolute Gasteiger partial charge is 0.165 e. The lowest BCUT2D eigenvalue weighted by Crippen LogP contribution is -2.00. The van der Waals surface area contributed by atoms with Crippen molar-refractivity contribution in [3.8, 4) is 0 Å². The minimum Gasteiger partial charge on any atom is -0.294 e. The average molecular weight is 373 g/mol. The second kappa shape index (κ2) is 5.32. The topological polar surface area (TPSA) is 17.1 Å². The Bertz CT molecular complexity index is 327. The van der Waals surface area contributed by atoms with E-state index in [1.807, 2.05) is 6.07 Å². The maximum absolute atomic E-state index is 11.5. The van der Waals surface area contributed by atoms with Crippen LogP contribution in [0.5, 0.6) is 0 Å². The van der Waals surface area contributed by atoms with Crippen LogP contribution in [-0.4, -0.2) is 11.1 Å². The van der Waals surface area contributed by atoms with Crippen molar-refractivity contribution in [1.82, 2.24) is 0 Å². The van der Waals surface area contributed by atoms with Crippen LogP contribution in [0.4, 0.5) is 0 Å². The van der Waals surface area contributed by atoms with Crippen molar-refractivity contribution in [3.05, 3.63) is 32.4 Å². The molecule has 70 valence electrons. The third kappa shape index (κ3) is 3.22. The second-order valence-corrected chi connectivity index (χ2v) is 4.93. The van der Waals surface area contributed by atoms with Crippen LogP contribution in [0.1, 0.15) is 16.8 Å². The first kappa shape index (κ1) is 11.5. The molecule has 0 spiro atoms. The van der Waals surface area contributed by atoms with E-state index in [1.165, 1.54) is 0 Å². The Labute approximate surface area is 104 Å². The number of carbonyl (C=O) groups excluding carboxylic acids is 1. The molecule has 0 saturated heterocycles. The van der Waals surface area contributed by atoms with Crippen LogP contribution in [-0.2, 0) is 0 Å². The minimum atomic E-state index is 0.0817. The summed E-state index contributed by atoms with van der Waals surface area (Å²) in [6, 6.07) is 5.45. The maximum Gasteiger partial charge on any atom is 0.165 e. The van der Waals surface area contributed by atoms with Crippen LogP contribution >= 0.6 is 50.1 Å². The molecule has 0 atom stereocenters. The predicted molar refractivity (Wildman–Crippen MR) is 66.9 cm³/mol. The highest BCUT2D eigenvalue weighted by Gasteiger charge is 2.09. The van der Waals surface area contributed by atoms with Gasteiger partial charge in [-0.3, -0.25) is 4.79 Å². The summed E-state index contributed by atoms with van der Waals surface area (Å²) < 4.78 is 1.04. The number of hydrogen-bond acceptors (Lipinski definition) is 1. The van der Waals surface area contributed by atoms with Crippen LogP contribution in [0, 0.1) is 3.57 Å². The van der Waals surface area contributed by atoms with Gasteiger partial charge in [-0.25, -0.2) is 0 Å². The van der Waals surface area contributed by atoms with Gasteiger partial charge in [0.25, 0.3) is 0 Å². The van der Waals surface area contributed by atoms with E-state index >= 15 is 0 Å². The van der Waals surface area contributed by atoms with Gasteiger partial charge in [-0.05, 0) is 40.8 Å². The number of rotatable bonds is 3. The summed E-state index contributed by atoms with van der Waals surface area (Å²) in [5.41, 5.74) is 0.613. The third-order valence-electron chi connectivity index (χ3n) is 1.55. The number of alkyl halides is 1. The SMILES string of the molecule is O=C(CCBr)c1ccc(I)cc1Cl. The van der Waals surface area contributed by atoms with Gasteiger partial charge in [0.1, 0.15) is 0 Å². The molecule has 1 rings (SSSR count). The van der Waals surface area contributed by atoms with Crippen LogP contribution < -0.4 is 0 Å². The molecule has 0 bridgehead atoms. The quantitative estimate of drug-likeness (QED) is 0.446. The first-order valence-electron chi connectivity index (χ1n) is 3.69. The molecule has 0 aromatic heterocycles. The second-order valence-electron chi connectivity index (χ2n) is 2.49. The zero-order valence-electron chi connectivity index (χ0n) is 6.69. The Morgan fingerprint density at radius 2 is 2.23 bits per heavy atom. The summed E-state index contributed by atoms with van der Waals surface area (Å²) in [7, 11) is 0. The summed E-state index contributed by atoms with van der Waals surface area (Å²) in [6.07, 6.45) is 0.486. The van der Waals surface area contributed by atoms with E-state index in [0.717, 1.165) is 3.57 Å². The van der Waals surface area contributed by atoms with E-state index in [-0.39, 0.29) is 5.78 Å². The molecule has 0 aliphatic rings. The highest BCUT2D eigenvalue weighted by atomic mass is 127. The Hall–Kier alpha value is 0.390. The number of Topliss-reactive ketones (excluding diaryl/α,β-unsaturated/α-hetero) is 1.